The smallest absolute Gasteiger partial charge is 0.350 e. The van der Waals surface area contributed by atoms with E-state index in [9.17, 15) is 4.79 Å². The molecule has 140 valence electrons. The van der Waals surface area contributed by atoms with Crippen LogP contribution in [-0.2, 0) is 4.74 Å². The molecule has 0 spiro atoms. The Morgan fingerprint density at radius 3 is 2.81 bits per heavy atom. The minimum Gasteiger partial charge on any atom is -0.491 e. The van der Waals surface area contributed by atoms with E-state index in [1.54, 1.807) is 32.2 Å². The first-order chi connectivity index (χ1) is 12.5. The van der Waals surface area contributed by atoms with Gasteiger partial charge in [-0.3, -0.25) is 5.43 Å². The van der Waals surface area contributed by atoms with E-state index in [0.717, 1.165) is 5.56 Å². The lowest BCUT2D eigenvalue weighted by atomic mass is 10.2. The predicted octanol–water partition coefficient (Wildman–Crippen LogP) is 4.13. The van der Waals surface area contributed by atoms with Crippen molar-refractivity contribution in [2.45, 2.75) is 20.8 Å². The number of carbonyl (C=O) groups is 1. The van der Waals surface area contributed by atoms with Crippen molar-refractivity contribution in [1.29, 1.82) is 0 Å². The number of hydrogen-bond donors (Lipinski definition) is 1. The third kappa shape index (κ3) is 4.86. The number of carbonyl (C=O) groups excluding carboxylic acids is 1. The van der Waals surface area contributed by atoms with E-state index in [2.05, 4.69) is 15.5 Å². The van der Waals surface area contributed by atoms with Crippen LogP contribution in [0.4, 0.5) is 5.13 Å². The van der Waals surface area contributed by atoms with Crippen molar-refractivity contribution in [3.8, 4) is 11.5 Å². The number of nitrogens with one attached hydrogen (secondary N) is 1. The standard InChI is InChI=1S/C17H20ClN3O4S/c1-5-24-13-8-11(7-12(18)14(13)23-4)9-19-21-17-20-10(3)15(26-17)16(22)25-6-2/h7-9H,5-6H2,1-4H3,(H,20,21)/b19-9-. The fourth-order valence-corrected chi connectivity index (χ4v) is 3.22. The number of aryl methyl sites for hydroxylation is 1. The quantitative estimate of drug-likeness (QED) is 0.409. The number of rotatable bonds is 8. The third-order valence-electron chi connectivity index (χ3n) is 3.17. The molecular formula is C17H20ClN3O4S. The number of esters is 1. The second-order valence-electron chi connectivity index (χ2n) is 4.99. The Morgan fingerprint density at radius 1 is 1.38 bits per heavy atom. The van der Waals surface area contributed by atoms with Gasteiger partial charge in [0.1, 0.15) is 4.88 Å². The Kier molecular flexibility index (Phi) is 7.23. The first-order valence-corrected chi connectivity index (χ1v) is 9.13. The van der Waals surface area contributed by atoms with Crippen LogP contribution in [0.3, 0.4) is 0 Å². The Labute approximate surface area is 160 Å². The highest BCUT2D eigenvalue weighted by atomic mass is 35.5. The summed E-state index contributed by atoms with van der Waals surface area (Å²) in [6.45, 7) is 6.18. The van der Waals surface area contributed by atoms with Crippen LogP contribution in [0.1, 0.15) is 34.8 Å². The number of hydrazone groups is 1. The van der Waals surface area contributed by atoms with Crippen LogP contribution >= 0.6 is 22.9 Å². The largest absolute Gasteiger partial charge is 0.491 e. The van der Waals surface area contributed by atoms with Gasteiger partial charge in [-0.15, -0.1) is 0 Å². The van der Waals surface area contributed by atoms with Crippen LogP contribution in [0.25, 0.3) is 0 Å². The average molecular weight is 398 g/mol. The first kappa shape index (κ1) is 20.0. The molecule has 2 aromatic rings. The summed E-state index contributed by atoms with van der Waals surface area (Å²) < 4.78 is 15.8. The zero-order valence-electron chi connectivity index (χ0n) is 15.0. The second-order valence-corrected chi connectivity index (χ2v) is 6.40. The van der Waals surface area contributed by atoms with Gasteiger partial charge in [0.15, 0.2) is 11.5 Å². The van der Waals surface area contributed by atoms with Gasteiger partial charge >= 0.3 is 5.97 Å². The van der Waals surface area contributed by atoms with Gasteiger partial charge in [-0.25, -0.2) is 9.78 Å². The van der Waals surface area contributed by atoms with Crippen LogP contribution < -0.4 is 14.9 Å². The van der Waals surface area contributed by atoms with Crippen molar-refractivity contribution in [3.05, 3.63) is 33.3 Å². The highest BCUT2D eigenvalue weighted by Crippen LogP contribution is 2.35. The van der Waals surface area contributed by atoms with Crippen molar-refractivity contribution in [2.24, 2.45) is 5.10 Å². The summed E-state index contributed by atoms with van der Waals surface area (Å²) in [5.41, 5.74) is 4.13. The van der Waals surface area contributed by atoms with E-state index in [1.807, 2.05) is 6.92 Å². The number of aromatic nitrogens is 1. The Hall–Kier alpha value is -2.32. The molecule has 1 aromatic carbocycles. The van der Waals surface area contributed by atoms with Crippen molar-refractivity contribution in [2.75, 3.05) is 25.7 Å². The molecule has 0 fully saturated rings. The zero-order valence-corrected chi connectivity index (χ0v) is 16.5. The van der Waals surface area contributed by atoms with Crippen molar-refractivity contribution >= 4 is 40.3 Å². The average Bonchev–Trinajstić information content (AvgIpc) is 2.96. The maximum atomic E-state index is 11.8. The summed E-state index contributed by atoms with van der Waals surface area (Å²) in [4.78, 5) is 16.5. The van der Waals surface area contributed by atoms with E-state index in [0.29, 0.717) is 45.4 Å². The molecule has 0 saturated carbocycles. The fraction of sp³-hybridized carbons (Fsp3) is 0.353. The molecular weight excluding hydrogens is 378 g/mol. The van der Waals surface area contributed by atoms with Crippen molar-refractivity contribution < 1.29 is 19.0 Å². The molecule has 0 aliphatic rings. The molecule has 26 heavy (non-hydrogen) atoms. The van der Waals surface area contributed by atoms with E-state index in [1.165, 1.54) is 18.4 Å². The normalized spacial score (nSPS) is 10.8. The molecule has 0 unspecified atom stereocenters. The van der Waals surface area contributed by atoms with Crippen LogP contribution in [0, 0.1) is 6.92 Å². The summed E-state index contributed by atoms with van der Waals surface area (Å²) in [5.74, 6) is 0.634. The maximum Gasteiger partial charge on any atom is 0.350 e. The SMILES string of the molecule is CCOC(=O)c1sc(N/N=C\c2cc(Cl)c(OC)c(OCC)c2)nc1C. The van der Waals surface area contributed by atoms with Gasteiger partial charge in [-0.2, -0.15) is 5.10 Å². The fourth-order valence-electron chi connectivity index (χ4n) is 2.12. The van der Waals surface area contributed by atoms with Gasteiger partial charge in [0.05, 0.1) is 37.3 Å². The molecule has 9 heteroatoms. The monoisotopic (exact) mass is 397 g/mol. The maximum absolute atomic E-state index is 11.8. The zero-order chi connectivity index (χ0) is 19.1. The first-order valence-electron chi connectivity index (χ1n) is 7.94. The lowest BCUT2D eigenvalue weighted by Crippen LogP contribution is -2.03. The van der Waals surface area contributed by atoms with Gasteiger partial charge in [0.25, 0.3) is 0 Å². The highest BCUT2D eigenvalue weighted by Gasteiger charge is 2.16. The summed E-state index contributed by atoms with van der Waals surface area (Å²) in [6.07, 6.45) is 1.58. The van der Waals surface area contributed by atoms with Gasteiger partial charge in [0, 0.05) is 0 Å². The second kappa shape index (κ2) is 9.40. The number of ether oxygens (including phenoxy) is 3. The topological polar surface area (TPSA) is 82.0 Å². The Morgan fingerprint density at radius 2 is 2.15 bits per heavy atom. The molecule has 0 aliphatic heterocycles. The molecule has 1 aromatic heterocycles. The lowest BCUT2D eigenvalue weighted by Gasteiger charge is -2.11. The van der Waals surface area contributed by atoms with Crippen LogP contribution in [-0.4, -0.2) is 37.5 Å². The number of nitrogens with zero attached hydrogens (tertiary/aromatic N) is 2. The predicted molar refractivity (Wildman–Crippen MR) is 103 cm³/mol. The van der Waals surface area contributed by atoms with Crippen LogP contribution in [0.5, 0.6) is 11.5 Å². The third-order valence-corrected chi connectivity index (χ3v) is 4.49. The molecule has 0 amide bonds. The van der Waals surface area contributed by atoms with E-state index >= 15 is 0 Å². The molecule has 0 radical (unpaired) electrons. The van der Waals surface area contributed by atoms with E-state index in [-0.39, 0.29) is 5.97 Å². The van der Waals surface area contributed by atoms with Crippen molar-refractivity contribution in [1.82, 2.24) is 4.98 Å². The van der Waals surface area contributed by atoms with Gasteiger partial charge in [-0.1, -0.05) is 22.9 Å². The lowest BCUT2D eigenvalue weighted by molar-refractivity contribution is 0.0531. The molecule has 0 bridgehead atoms. The van der Waals surface area contributed by atoms with Crippen LogP contribution in [0.2, 0.25) is 5.02 Å². The molecule has 7 nitrogen and oxygen atoms in total. The number of methoxy groups -OCH3 is 1. The number of hydrogen-bond acceptors (Lipinski definition) is 8. The van der Waals surface area contributed by atoms with Crippen molar-refractivity contribution in [3.63, 3.8) is 0 Å². The van der Waals surface area contributed by atoms with Gasteiger partial charge in [-0.05, 0) is 38.5 Å². The Balaban J connectivity index is 2.13. The number of anilines is 1. The Bertz CT molecular complexity index is 808. The number of benzene rings is 1. The summed E-state index contributed by atoms with van der Waals surface area (Å²) >= 11 is 7.39. The number of halogens is 1. The van der Waals surface area contributed by atoms with Gasteiger partial charge in [0.2, 0.25) is 5.13 Å². The highest BCUT2D eigenvalue weighted by molar-refractivity contribution is 7.17. The molecule has 0 aliphatic carbocycles. The molecule has 0 saturated heterocycles. The molecule has 1 N–H and O–H groups in total. The minimum absolute atomic E-state index is 0.317. The van der Waals surface area contributed by atoms with E-state index < -0.39 is 0 Å². The molecule has 1 heterocycles. The number of thiazole rings is 1. The summed E-state index contributed by atoms with van der Waals surface area (Å²) in [7, 11) is 1.53. The minimum atomic E-state index is -0.386. The summed E-state index contributed by atoms with van der Waals surface area (Å²) in [5, 5.41) is 5.05. The van der Waals surface area contributed by atoms with E-state index in [4.69, 9.17) is 25.8 Å². The van der Waals surface area contributed by atoms with Crippen LogP contribution in [0.15, 0.2) is 17.2 Å². The van der Waals surface area contributed by atoms with Gasteiger partial charge < -0.3 is 14.2 Å². The molecule has 2 rings (SSSR count). The molecule has 0 atom stereocenters. The summed E-state index contributed by atoms with van der Waals surface area (Å²) in [6, 6.07) is 3.49.